The second-order valence-electron chi connectivity index (χ2n) is 4.80. The van der Waals surface area contributed by atoms with Crippen molar-refractivity contribution in [2.24, 2.45) is 0 Å². The fraction of sp³-hybridized carbons (Fsp3) is 0.214. The minimum Gasteiger partial charge on any atom is -0.352 e. The number of benzene rings is 1. The van der Waals surface area contributed by atoms with E-state index in [0.717, 1.165) is 24.4 Å². The van der Waals surface area contributed by atoms with Gasteiger partial charge >= 0.3 is 0 Å². The van der Waals surface area contributed by atoms with Crippen molar-refractivity contribution in [3.8, 4) is 0 Å². The van der Waals surface area contributed by atoms with Crippen molar-refractivity contribution < 1.29 is 0 Å². The number of rotatable bonds is 2. The molecule has 0 saturated carbocycles. The molecule has 1 aliphatic rings. The molecule has 0 aliphatic carbocycles. The number of pyridine rings is 1. The first-order chi connectivity index (χ1) is 9.40. The van der Waals surface area contributed by atoms with Crippen LogP contribution in [-0.4, -0.2) is 33.1 Å². The molecule has 0 bridgehead atoms. The van der Waals surface area contributed by atoms with E-state index in [0.29, 0.717) is 6.04 Å². The molecule has 19 heavy (non-hydrogen) atoms. The Hall–Kier alpha value is -2.43. The molecule has 3 aromatic rings. The summed E-state index contributed by atoms with van der Waals surface area (Å²) in [6.07, 6.45) is 3.63. The maximum Gasteiger partial charge on any atom is 0.129 e. The van der Waals surface area contributed by atoms with Crippen LogP contribution in [0.25, 0.3) is 10.9 Å². The van der Waals surface area contributed by atoms with Gasteiger partial charge in [0.1, 0.15) is 5.82 Å². The van der Waals surface area contributed by atoms with Crippen LogP contribution < -0.4 is 4.90 Å². The first-order valence-electron chi connectivity index (χ1n) is 6.37. The number of nitrogens with zero attached hydrogens (tertiary/aromatic N) is 5. The van der Waals surface area contributed by atoms with Gasteiger partial charge in [0.25, 0.3) is 0 Å². The van der Waals surface area contributed by atoms with Gasteiger partial charge in [0.05, 0.1) is 17.8 Å². The zero-order chi connectivity index (χ0) is 12.7. The van der Waals surface area contributed by atoms with Crippen LogP contribution >= 0.6 is 0 Å². The van der Waals surface area contributed by atoms with Crippen LogP contribution in [0.5, 0.6) is 0 Å². The maximum absolute atomic E-state index is 4.69. The first-order valence-corrected chi connectivity index (χ1v) is 6.37. The van der Waals surface area contributed by atoms with Crippen LogP contribution in [0.3, 0.4) is 0 Å². The topological polar surface area (TPSA) is 46.8 Å². The minimum atomic E-state index is 0.413. The molecule has 5 heteroatoms. The third kappa shape index (κ3) is 1.74. The molecule has 1 saturated heterocycles. The normalized spacial score (nSPS) is 15.7. The zero-order valence-electron chi connectivity index (χ0n) is 10.3. The second kappa shape index (κ2) is 4.05. The summed E-state index contributed by atoms with van der Waals surface area (Å²) in [5.74, 6) is 1.04. The highest BCUT2D eigenvalue weighted by Gasteiger charge is 2.29. The number of fused-ring (bicyclic) bond motifs is 1. The molecule has 0 spiro atoms. The van der Waals surface area contributed by atoms with Crippen molar-refractivity contribution in [1.82, 2.24) is 20.0 Å². The number of para-hydroxylation sites is 1. The molecule has 3 heterocycles. The molecule has 0 N–H and O–H groups in total. The summed E-state index contributed by atoms with van der Waals surface area (Å²) in [7, 11) is 0. The quantitative estimate of drug-likeness (QED) is 0.697. The van der Waals surface area contributed by atoms with Crippen molar-refractivity contribution in [1.29, 1.82) is 0 Å². The van der Waals surface area contributed by atoms with Gasteiger partial charge < -0.3 is 4.90 Å². The van der Waals surface area contributed by atoms with E-state index in [1.807, 2.05) is 29.1 Å². The number of anilines is 1. The average Bonchev–Trinajstić information content (AvgIpc) is 2.91. The summed E-state index contributed by atoms with van der Waals surface area (Å²) in [6, 6.07) is 12.8. The third-order valence-corrected chi connectivity index (χ3v) is 3.59. The molecule has 1 aliphatic heterocycles. The Bertz CT molecular complexity index is 701. The largest absolute Gasteiger partial charge is 0.352 e. The lowest BCUT2D eigenvalue weighted by molar-refractivity contribution is 0.359. The molecule has 0 unspecified atom stereocenters. The summed E-state index contributed by atoms with van der Waals surface area (Å²) < 4.78 is 1.91. The van der Waals surface area contributed by atoms with Crippen LogP contribution in [0, 0.1) is 0 Å². The highest BCUT2D eigenvalue weighted by molar-refractivity contribution is 5.80. The summed E-state index contributed by atoms with van der Waals surface area (Å²) in [6.45, 7) is 1.88. The average molecular weight is 251 g/mol. The fourth-order valence-electron chi connectivity index (χ4n) is 2.45. The van der Waals surface area contributed by atoms with Crippen LogP contribution in [0.4, 0.5) is 5.82 Å². The molecule has 1 aromatic carbocycles. The third-order valence-electron chi connectivity index (χ3n) is 3.59. The molecule has 4 rings (SSSR count). The molecular weight excluding hydrogens is 238 g/mol. The van der Waals surface area contributed by atoms with Crippen molar-refractivity contribution in [2.75, 3.05) is 18.0 Å². The van der Waals surface area contributed by atoms with E-state index in [1.165, 1.54) is 5.39 Å². The summed E-state index contributed by atoms with van der Waals surface area (Å²) in [5, 5.41) is 9.06. The summed E-state index contributed by atoms with van der Waals surface area (Å²) >= 11 is 0. The Morgan fingerprint density at radius 3 is 2.79 bits per heavy atom. The second-order valence-corrected chi connectivity index (χ2v) is 4.80. The number of aromatic nitrogens is 4. The van der Waals surface area contributed by atoms with Gasteiger partial charge in [0.2, 0.25) is 0 Å². The van der Waals surface area contributed by atoms with Gasteiger partial charge in [-0.05, 0) is 18.2 Å². The number of hydrogen-bond acceptors (Lipinski definition) is 4. The van der Waals surface area contributed by atoms with Crippen LogP contribution in [0.15, 0.2) is 48.8 Å². The Labute approximate surface area is 110 Å². The molecule has 0 radical (unpaired) electrons. The predicted octanol–water partition coefficient (Wildman–Crippen LogP) is 1.89. The standard InChI is InChI=1S/C14H13N5/c1-2-4-13-11(3-1)5-6-14(16-13)18-9-12(10-18)19-8-7-15-17-19/h1-8,12H,9-10H2. The van der Waals surface area contributed by atoms with Crippen LogP contribution in [-0.2, 0) is 0 Å². The van der Waals surface area contributed by atoms with Gasteiger partial charge in [0.15, 0.2) is 0 Å². The molecule has 0 atom stereocenters. The van der Waals surface area contributed by atoms with Gasteiger partial charge in [0, 0.05) is 24.7 Å². The van der Waals surface area contributed by atoms with Gasteiger partial charge in [-0.1, -0.05) is 23.4 Å². The van der Waals surface area contributed by atoms with Crippen molar-refractivity contribution >= 4 is 16.7 Å². The summed E-state index contributed by atoms with van der Waals surface area (Å²) in [4.78, 5) is 6.96. The van der Waals surface area contributed by atoms with E-state index >= 15 is 0 Å². The Kier molecular flexibility index (Phi) is 2.24. The van der Waals surface area contributed by atoms with Crippen molar-refractivity contribution in [2.45, 2.75) is 6.04 Å². The van der Waals surface area contributed by atoms with Crippen LogP contribution in [0.1, 0.15) is 6.04 Å². The lowest BCUT2D eigenvalue weighted by Gasteiger charge is -2.39. The first kappa shape index (κ1) is 10.5. The minimum absolute atomic E-state index is 0.413. The molecule has 1 fully saturated rings. The van der Waals surface area contributed by atoms with Gasteiger partial charge in [-0.3, -0.25) is 0 Å². The smallest absolute Gasteiger partial charge is 0.129 e. The van der Waals surface area contributed by atoms with Crippen molar-refractivity contribution in [3.05, 3.63) is 48.8 Å². The van der Waals surface area contributed by atoms with E-state index < -0.39 is 0 Å². The van der Waals surface area contributed by atoms with E-state index in [-0.39, 0.29) is 0 Å². The fourth-order valence-corrected chi connectivity index (χ4v) is 2.45. The molecule has 94 valence electrons. The molecule has 5 nitrogen and oxygen atoms in total. The lowest BCUT2D eigenvalue weighted by Crippen LogP contribution is -2.48. The van der Waals surface area contributed by atoms with E-state index in [9.17, 15) is 0 Å². The highest BCUT2D eigenvalue weighted by atomic mass is 15.5. The lowest BCUT2D eigenvalue weighted by atomic mass is 10.1. The van der Waals surface area contributed by atoms with Gasteiger partial charge in [-0.2, -0.15) is 0 Å². The van der Waals surface area contributed by atoms with Crippen molar-refractivity contribution in [3.63, 3.8) is 0 Å². The highest BCUT2D eigenvalue weighted by Crippen LogP contribution is 2.27. The Morgan fingerprint density at radius 2 is 1.95 bits per heavy atom. The maximum atomic E-state index is 4.69. The Balaban J connectivity index is 1.56. The van der Waals surface area contributed by atoms with Gasteiger partial charge in [-0.25, -0.2) is 9.67 Å². The van der Waals surface area contributed by atoms with Gasteiger partial charge in [-0.15, -0.1) is 5.10 Å². The Morgan fingerprint density at radius 1 is 1.05 bits per heavy atom. The molecular formula is C14H13N5. The number of hydrogen-bond donors (Lipinski definition) is 0. The molecule has 0 amide bonds. The van der Waals surface area contributed by atoms with E-state index in [1.54, 1.807) is 6.20 Å². The SMILES string of the molecule is c1ccc2nc(N3CC(n4ccnn4)C3)ccc2c1. The summed E-state index contributed by atoms with van der Waals surface area (Å²) in [5.41, 5.74) is 1.05. The molecule has 2 aromatic heterocycles. The monoisotopic (exact) mass is 251 g/mol. The van der Waals surface area contributed by atoms with Crippen LogP contribution in [0.2, 0.25) is 0 Å². The van der Waals surface area contributed by atoms with E-state index in [4.69, 9.17) is 4.98 Å². The predicted molar refractivity (Wildman–Crippen MR) is 73.0 cm³/mol. The zero-order valence-corrected chi connectivity index (χ0v) is 10.3. The van der Waals surface area contributed by atoms with E-state index in [2.05, 4.69) is 33.4 Å².